The first-order valence-electron chi connectivity index (χ1n) is 6.84. The van der Waals surface area contributed by atoms with Gasteiger partial charge < -0.3 is 11.5 Å². The van der Waals surface area contributed by atoms with E-state index in [2.05, 4.69) is 4.99 Å². The number of nitrogens with two attached hydrogens (primary N) is 2. The SMILES string of the molecule is Cc1ccc(-c2cc(Cl)c(C(=O)N=C(N)N)cc2S(C)(=O)=O)cc1. The summed E-state index contributed by atoms with van der Waals surface area (Å²) in [6.45, 7) is 1.92. The molecule has 126 valence electrons. The standard InChI is InChI=1S/C16H16ClN3O3S/c1-9-3-5-10(6-4-9)11-7-13(17)12(15(21)20-16(18)19)8-14(11)24(2,22)23/h3-8H,1-2H3,(H4,18,19,20,21). The summed E-state index contributed by atoms with van der Waals surface area (Å²) >= 11 is 6.14. The predicted molar refractivity (Wildman–Crippen MR) is 94.9 cm³/mol. The molecule has 0 fully saturated rings. The highest BCUT2D eigenvalue weighted by atomic mass is 35.5. The zero-order valence-electron chi connectivity index (χ0n) is 13.1. The lowest BCUT2D eigenvalue weighted by molar-refractivity contribution is 0.100. The minimum absolute atomic E-state index is 0.0232. The average Bonchev–Trinajstić information content (AvgIpc) is 2.45. The molecular formula is C16H16ClN3O3S. The second-order valence-corrected chi connectivity index (χ2v) is 7.70. The van der Waals surface area contributed by atoms with Gasteiger partial charge in [0.15, 0.2) is 15.8 Å². The first kappa shape index (κ1) is 18.0. The minimum Gasteiger partial charge on any atom is -0.370 e. The van der Waals surface area contributed by atoms with Crippen LogP contribution >= 0.6 is 11.6 Å². The molecule has 24 heavy (non-hydrogen) atoms. The van der Waals surface area contributed by atoms with Gasteiger partial charge in [-0.1, -0.05) is 41.4 Å². The van der Waals surface area contributed by atoms with E-state index < -0.39 is 21.7 Å². The van der Waals surface area contributed by atoms with E-state index in [1.165, 1.54) is 12.1 Å². The summed E-state index contributed by atoms with van der Waals surface area (Å²) < 4.78 is 24.3. The Labute approximate surface area is 145 Å². The molecule has 0 saturated carbocycles. The van der Waals surface area contributed by atoms with E-state index in [1.807, 2.05) is 19.1 Å². The Morgan fingerprint density at radius 2 is 1.71 bits per heavy atom. The highest BCUT2D eigenvalue weighted by molar-refractivity contribution is 7.90. The van der Waals surface area contributed by atoms with E-state index in [0.29, 0.717) is 11.1 Å². The zero-order valence-corrected chi connectivity index (χ0v) is 14.6. The number of halogens is 1. The van der Waals surface area contributed by atoms with Crippen molar-refractivity contribution in [2.45, 2.75) is 11.8 Å². The smallest absolute Gasteiger partial charge is 0.281 e. The molecule has 0 aromatic heterocycles. The highest BCUT2D eigenvalue weighted by Gasteiger charge is 2.21. The molecule has 1 amide bonds. The lowest BCUT2D eigenvalue weighted by atomic mass is 10.0. The number of nitrogens with zero attached hydrogens (tertiary/aromatic N) is 1. The molecule has 4 N–H and O–H groups in total. The fourth-order valence-electron chi connectivity index (χ4n) is 2.16. The van der Waals surface area contributed by atoms with Crippen molar-refractivity contribution in [3.05, 3.63) is 52.5 Å². The molecule has 0 heterocycles. The fraction of sp³-hybridized carbons (Fsp3) is 0.125. The van der Waals surface area contributed by atoms with E-state index in [9.17, 15) is 13.2 Å². The zero-order chi connectivity index (χ0) is 18.1. The first-order chi connectivity index (χ1) is 11.1. The summed E-state index contributed by atoms with van der Waals surface area (Å²) in [5.74, 6) is -1.24. The molecule has 8 heteroatoms. The van der Waals surface area contributed by atoms with E-state index in [-0.39, 0.29) is 15.5 Å². The molecule has 6 nitrogen and oxygen atoms in total. The summed E-state index contributed by atoms with van der Waals surface area (Å²) in [4.78, 5) is 15.4. The molecule has 0 unspecified atom stereocenters. The Morgan fingerprint density at radius 3 is 2.21 bits per heavy atom. The van der Waals surface area contributed by atoms with E-state index in [4.69, 9.17) is 23.1 Å². The molecule has 2 aromatic rings. The van der Waals surface area contributed by atoms with Gasteiger partial charge in [-0.25, -0.2) is 8.42 Å². The number of hydrogen-bond acceptors (Lipinski definition) is 3. The number of carbonyl (C=O) groups is 1. The topological polar surface area (TPSA) is 116 Å². The van der Waals surface area contributed by atoms with Crippen LogP contribution in [0.15, 0.2) is 46.3 Å². The van der Waals surface area contributed by atoms with Crippen LogP contribution in [0.5, 0.6) is 0 Å². The van der Waals surface area contributed by atoms with Crippen LogP contribution < -0.4 is 11.5 Å². The predicted octanol–water partition coefficient (Wildman–Crippen LogP) is 2.13. The number of hydrogen-bond donors (Lipinski definition) is 2. The third kappa shape index (κ3) is 3.93. The lowest BCUT2D eigenvalue weighted by Crippen LogP contribution is -2.24. The normalized spacial score (nSPS) is 11.1. The highest BCUT2D eigenvalue weighted by Crippen LogP contribution is 2.33. The number of benzene rings is 2. The molecule has 0 atom stereocenters. The molecule has 0 bridgehead atoms. The lowest BCUT2D eigenvalue weighted by Gasteiger charge is -2.12. The van der Waals surface area contributed by atoms with E-state index in [1.54, 1.807) is 12.1 Å². The van der Waals surface area contributed by atoms with Gasteiger partial charge >= 0.3 is 0 Å². The number of sulfone groups is 1. The molecule has 0 aliphatic heterocycles. The third-order valence-electron chi connectivity index (χ3n) is 3.29. The molecular weight excluding hydrogens is 350 g/mol. The molecule has 0 spiro atoms. The van der Waals surface area contributed by atoms with Crippen molar-refractivity contribution in [1.82, 2.24) is 0 Å². The van der Waals surface area contributed by atoms with Crippen LogP contribution in [0.2, 0.25) is 5.02 Å². The Bertz CT molecular complexity index is 932. The van der Waals surface area contributed by atoms with Crippen molar-refractivity contribution in [2.75, 3.05) is 6.26 Å². The largest absolute Gasteiger partial charge is 0.370 e. The maximum absolute atomic E-state index is 12.2. The van der Waals surface area contributed by atoms with Gasteiger partial charge in [-0.2, -0.15) is 4.99 Å². The Hall–Kier alpha value is -2.38. The molecule has 0 aliphatic carbocycles. The third-order valence-corrected chi connectivity index (χ3v) is 4.74. The summed E-state index contributed by atoms with van der Waals surface area (Å²) in [7, 11) is -3.61. The van der Waals surface area contributed by atoms with Gasteiger partial charge in [0.25, 0.3) is 5.91 Å². The van der Waals surface area contributed by atoms with Crippen molar-refractivity contribution in [2.24, 2.45) is 16.5 Å². The van der Waals surface area contributed by atoms with Crippen molar-refractivity contribution < 1.29 is 13.2 Å². The van der Waals surface area contributed by atoms with Gasteiger partial charge in [0.1, 0.15) is 0 Å². The Balaban J connectivity index is 2.74. The summed E-state index contributed by atoms with van der Waals surface area (Å²) in [6, 6.07) is 9.90. The minimum atomic E-state index is -3.61. The number of guanidine groups is 1. The summed E-state index contributed by atoms with van der Waals surface area (Å²) in [6.07, 6.45) is 1.06. The van der Waals surface area contributed by atoms with Gasteiger partial charge in [-0.15, -0.1) is 0 Å². The quantitative estimate of drug-likeness (QED) is 0.638. The molecule has 2 aromatic carbocycles. The van der Waals surface area contributed by atoms with Crippen molar-refractivity contribution in [1.29, 1.82) is 0 Å². The molecule has 0 radical (unpaired) electrons. The van der Waals surface area contributed by atoms with Gasteiger partial charge in [0.05, 0.1) is 15.5 Å². The van der Waals surface area contributed by atoms with Crippen LogP contribution in [-0.4, -0.2) is 26.5 Å². The van der Waals surface area contributed by atoms with Gasteiger partial charge in [0, 0.05) is 11.8 Å². The van der Waals surface area contributed by atoms with E-state index in [0.717, 1.165) is 11.8 Å². The Kier molecular flexibility index (Phi) is 4.96. The van der Waals surface area contributed by atoms with Gasteiger partial charge in [0.2, 0.25) is 0 Å². The van der Waals surface area contributed by atoms with Crippen molar-refractivity contribution >= 4 is 33.3 Å². The number of carbonyl (C=O) groups excluding carboxylic acids is 1. The van der Waals surface area contributed by atoms with Crippen LogP contribution in [0.1, 0.15) is 15.9 Å². The van der Waals surface area contributed by atoms with Crippen molar-refractivity contribution in [3.8, 4) is 11.1 Å². The molecule has 0 aliphatic rings. The van der Waals surface area contributed by atoms with Crippen LogP contribution in [0.4, 0.5) is 0 Å². The number of aliphatic imine (C=N–C) groups is 1. The van der Waals surface area contributed by atoms with Crippen LogP contribution in [0.25, 0.3) is 11.1 Å². The second-order valence-electron chi connectivity index (χ2n) is 5.31. The van der Waals surface area contributed by atoms with Crippen LogP contribution in [0, 0.1) is 6.92 Å². The first-order valence-corrected chi connectivity index (χ1v) is 9.11. The Morgan fingerprint density at radius 1 is 1.12 bits per heavy atom. The summed E-state index contributed by atoms with van der Waals surface area (Å²) in [5, 5.41) is 0.0629. The number of aryl methyl sites for hydroxylation is 1. The molecule has 0 saturated heterocycles. The van der Waals surface area contributed by atoms with Crippen LogP contribution in [0.3, 0.4) is 0 Å². The maximum atomic E-state index is 12.2. The summed E-state index contributed by atoms with van der Waals surface area (Å²) in [5.41, 5.74) is 12.4. The number of rotatable bonds is 3. The van der Waals surface area contributed by atoms with Crippen LogP contribution in [-0.2, 0) is 9.84 Å². The number of amides is 1. The maximum Gasteiger partial charge on any atom is 0.281 e. The van der Waals surface area contributed by atoms with Crippen molar-refractivity contribution in [3.63, 3.8) is 0 Å². The van der Waals surface area contributed by atoms with Gasteiger partial charge in [-0.05, 0) is 24.6 Å². The second kappa shape index (κ2) is 6.62. The van der Waals surface area contributed by atoms with E-state index >= 15 is 0 Å². The fourth-order valence-corrected chi connectivity index (χ4v) is 3.31. The molecule has 2 rings (SSSR count). The van der Waals surface area contributed by atoms with Gasteiger partial charge in [-0.3, -0.25) is 4.79 Å². The monoisotopic (exact) mass is 365 g/mol. The average molecular weight is 366 g/mol.